The molecule has 27 heavy (non-hydrogen) atoms. The number of ketones is 1. The van der Waals surface area contributed by atoms with Crippen molar-refractivity contribution in [2.75, 3.05) is 5.32 Å². The van der Waals surface area contributed by atoms with E-state index in [-0.39, 0.29) is 28.5 Å². The van der Waals surface area contributed by atoms with Crippen LogP contribution in [0.25, 0.3) is 0 Å². The molecule has 3 aromatic rings. The van der Waals surface area contributed by atoms with Gasteiger partial charge >= 0.3 is 0 Å². The van der Waals surface area contributed by atoms with E-state index in [1.165, 1.54) is 0 Å². The number of para-hydroxylation sites is 1. The molecule has 0 aliphatic rings. The van der Waals surface area contributed by atoms with Crippen LogP contribution >= 0.6 is 11.6 Å². The minimum absolute atomic E-state index is 0.166. The first-order valence-electron chi connectivity index (χ1n) is 8.08. The highest BCUT2D eigenvalue weighted by molar-refractivity contribution is 6.34. The van der Waals surface area contributed by atoms with Gasteiger partial charge in [0, 0.05) is 12.0 Å². The summed E-state index contributed by atoms with van der Waals surface area (Å²) in [5.41, 5.74) is 1.20. The van der Waals surface area contributed by atoms with Gasteiger partial charge in [-0.2, -0.15) is 0 Å². The summed E-state index contributed by atoms with van der Waals surface area (Å²) in [5.74, 6) is -3.25. The van der Waals surface area contributed by atoms with Crippen molar-refractivity contribution < 1.29 is 18.4 Å². The molecule has 0 fully saturated rings. The molecule has 3 nitrogen and oxygen atoms in total. The Labute approximate surface area is 159 Å². The van der Waals surface area contributed by atoms with Crippen molar-refractivity contribution in [3.8, 4) is 0 Å². The van der Waals surface area contributed by atoms with Crippen molar-refractivity contribution in [2.45, 2.75) is 6.42 Å². The monoisotopic (exact) mass is 385 g/mol. The van der Waals surface area contributed by atoms with E-state index >= 15 is 0 Å². The summed E-state index contributed by atoms with van der Waals surface area (Å²) in [6.07, 6.45) is 0.166. The van der Waals surface area contributed by atoms with Gasteiger partial charge in [-0.25, -0.2) is 8.78 Å². The molecule has 0 aliphatic carbocycles. The molecule has 0 atom stereocenters. The first-order chi connectivity index (χ1) is 13.0. The maximum absolute atomic E-state index is 13.4. The van der Waals surface area contributed by atoms with Gasteiger partial charge in [0.15, 0.2) is 17.4 Å². The molecule has 6 heteroatoms. The second kappa shape index (κ2) is 8.10. The van der Waals surface area contributed by atoms with E-state index in [1.54, 1.807) is 24.3 Å². The second-order valence-corrected chi connectivity index (χ2v) is 6.24. The van der Waals surface area contributed by atoms with E-state index in [0.717, 1.165) is 17.7 Å². The van der Waals surface area contributed by atoms with Gasteiger partial charge in [-0.05, 0) is 29.8 Å². The highest BCUT2D eigenvalue weighted by atomic mass is 35.5. The van der Waals surface area contributed by atoms with Crippen molar-refractivity contribution in [3.63, 3.8) is 0 Å². The van der Waals surface area contributed by atoms with Gasteiger partial charge in [0.2, 0.25) is 0 Å². The number of carbonyl (C=O) groups is 2. The zero-order chi connectivity index (χ0) is 19.4. The predicted molar refractivity (Wildman–Crippen MR) is 100 cm³/mol. The molecule has 0 heterocycles. The van der Waals surface area contributed by atoms with Gasteiger partial charge in [-0.3, -0.25) is 9.59 Å². The molecule has 1 amide bonds. The highest BCUT2D eigenvalue weighted by Gasteiger charge is 2.18. The Bertz CT molecular complexity index is 1010. The lowest BCUT2D eigenvalue weighted by atomic mass is 10.0. The van der Waals surface area contributed by atoms with E-state index in [4.69, 9.17) is 11.6 Å². The number of anilines is 1. The summed E-state index contributed by atoms with van der Waals surface area (Å²) >= 11 is 5.84. The fourth-order valence-corrected chi connectivity index (χ4v) is 2.83. The Morgan fingerprint density at radius 1 is 0.852 bits per heavy atom. The van der Waals surface area contributed by atoms with Crippen molar-refractivity contribution in [1.82, 2.24) is 0 Å². The van der Waals surface area contributed by atoms with Crippen LogP contribution in [0.1, 0.15) is 26.3 Å². The van der Waals surface area contributed by atoms with E-state index < -0.39 is 17.5 Å². The van der Waals surface area contributed by atoms with Gasteiger partial charge in [0.05, 0.1) is 16.3 Å². The predicted octanol–water partition coefficient (Wildman–Crippen LogP) is 5.30. The SMILES string of the molecule is O=C(Nc1ccccc1C(=O)Cc1ccccc1)c1cc(F)c(F)cc1Cl. The smallest absolute Gasteiger partial charge is 0.257 e. The Hall–Kier alpha value is -3.05. The highest BCUT2D eigenvalue weighted by Crippen LogP contribution is 2.23. The van der Waals surface area contributed by atoms with Crippen molar-refractivity contribution in [1.29, 1.82) is 0 Å². The zero-order valence-electron chi connectivity index (χ0n) is 14.0. The van der Waals surface area contributed by atoms with E-state index in [2.05, 4.69) is 5.32 Å². The Morgan fingerprint density at radius 3 is 2.22 bits per heavy atom. The van der Waals surface area contributed by atoms with Crippen molar-refractivity contribution >= 4 is 29.0 Å². The summed E-state index contributed by atoms with van der Waals surface area (Å²) in [4.78, 5) is 25.1. The third-order valence-corrected chi connectivity index (χ3v) is 4.25. The first kappa shape index (κ1) is 18.7. The van der Waals surface area contributed by atoms with Crippen LogP contribution in [0.5, 0.6) is 0 Å². The fraction of sp³-hybridized carbons (Fsp3) is 0.0476. The molecule has 3 rings (SSSR count). The second-order valence-electron chi connectivity index (χ2n) is 5.83. The van der Waals surface area contributed by atoms with Crippen LogP contribution in [0, 0.1) is 11.6 Å². The van der Waals surface area contributed by atoms with Crippen LogP contribution in [-0.4, -0.2) is 11.7 Å². The number of Topliss-reactive ketones (excluding diaryl/α,β-unsaturated/α-hetero) is 1. The molecule has 0 spiro atoms. The maximum Gasteiger partial charge on any atom is 0.257 e. The van der Waals surface area contributed by atoms with Crippen LogP contribution in [0.3, 0.4) is 0 Å². The number of nitrogens with one attached hydrogen (secondary N) is 1. The number of benzene rings is 3. The normalized spacial score (nSPS) is 10.5. The zero-order valence-corrected chi connectivity index (χ0v) is 14.8. The first-order valence-corrected chi connectivity index (χ1v) is 8.45. The quantitative estimate of drug-likeness (QED) is 0.478. The number of carbonyl (C=O) groups excluding carboxylic acids is 2. The molecule has 0 aromatic heterocycles. The summed E-state index contributed by atoms with van der Waals surface area (Å²) in [6.45, 7) is 0. The summed E-state index contributed by atoms with van der Waals surface area (Å²) in [6, 6.07) is 17.1. The summed E-state index contributed by atoms with van der Waals surface area (Å²) in [5, 5.41) is 2.33. The maximum atomic E-state index is 13.4. The molecule has 3 aromatic carbocycles. The van der Waals surface area contributed by atoms with Crippen LogP contribution < -0.4 is 5.32 Å². The number of hydrogen-bond acceptors (Lipinski definition) is 2. The topological polar surface area (TPSA) is 46.2 Å². The number of halogens is 3. The largest absolute Gasteiger partial charge is 0.321 e. The molecule has 0 unspecified atom stereocenters. The molecule has 0 bridgehead atoms. The van der Waals surface area contributed by atoms with Gasteiger partial charge in [0.1, 0.15) is 0 Å². The van der Waals surface area contributed by atoms with Gasteiger partial charge in [-0.1, -0.05) is 54.1 Å². The summed E-state index contributed by atoms with van der Waals surface area (Å²) in [7, 11) is 0. The third-order valence-electron chi connectivity index (χ3n) is 3.94. The number of rotatable bonds is 5. The molecular weight excluding hydrogens is 372 g/mol. The molecule has 0 radical (unpaired) electrons. The van der Waals surface area contributed by atoms with Crippen LogP contribution in [0.15, 0.2) is 66.7 Å². The van der Waals surface area contributed by atoms with Gasteiger partial charge in [-0.15, -0.1) is 0 Å². The standard InChI is InChI=1S/C21H14ClF2NO2/c22-16-12-18(24)17(23)11-15(16)21(27)25-19-9-5-4-8-14(19)20(26)10-13-6-2-1-3-7-13/h1-9,11-12H,10H2,(H,25,27). The van der Waals surface area contributed by atoms with Crippen LogP contribution in [0.2, 0.25) is 5.02 Å². The van der Waals surface area contributed by atoms with E-state index in [0.29, 0.717) is 5.56 Å². The minimum atomic E-state index is -1.18. The Kier molecular flexibility index (Phi) is 5.62. The van der Waals surface area contributed by atoms with Crippen LogP contribution in [-0.2, 0) is 6.42 Å². The Balaban J connectivity index is 1.85. The minimum Gasteiger partial charge on any atom is -0.321 e. The molecule has 0 aliphatic heterocycles. The Morgan fingerprint density at radius 2 is 1.48 bits per heavy atom. The van der Waals surface area contributed by atoms with Crippen molar-refractivity contribution in [3.05, 3.63) is 100 Å². The lowest BCUT2D eigenvalue weighted by Gasteiger charge is -2.11. The summed E-state index contributed by atoms with van der Waals surface area (Å²) < 4.78 is 26.6. The van der Waals surface area contributed by atoms with Gasteiger partial charge in [0.25, 0.3) is 5.91 Å². The molecule has 1 N–H and O–H groups in total. The van der Waals surface area contributed by atoms with Crippen LogP contribution in [0.4, 0.5) is 14.5 Å². The fourth-order valence-electron chi connectivity index (χ4n) is 2.60. The molecular formula is C21H14ClF2NO2. The molecule has 0 saturated heterocycles. The van der Waals surface area contributed by atoms with E-state index in [9.17, 15) is 18.4 Å². The third kappa shape index (κ3) is 4.38. The lowest BCUT2D eigenvalue weighted by Crippen LogP contribution is -2.16. The molecule has 0 saturated carbocycles. The van der Waals surface area contributed by atoms with Gasteiger partial charge < -0.3 is 5.32 Å². The van der Waals surface area contributed by atoms with Crippen molar-refractivity contribution in [2.24, 2.45) is 0 Å². The van der Waals surface area contributed by atoms with E-state index in [1.807, 2.05) is 30.3 Å². The average Bonchev–Trinajstić information content (AvgIpc) is 2.65. The lowest BCUT2D eigenvalue weighted by molar-refractivity contribution is 0.0994. The molecule has 136 valence electrons. The number of amides is 1. The number of hydrogen-bond donors (Lipinski definition) is 1. The average molecular weight is 386 g/mol.